The number of thioether (sulfide) groups is 1. The molecule has 136 valence electrons. The Kier molecular flexibility index (Phi) is 6.98. The van der Waals surface area contributed by atoms with Crippen molar-refractivity contribution in [1.82, 2.24) is 15.3 Å². The van der Waals surface area contributed by atoms with Gasteiger partial charge in [-0.15, -0.1) is 0 Å². The van der Waals surface area contributed by atoms with Crippen molar-refractivity contribution in [1.29, 1.82) is 5.26 Å². The Morgan fingerprint density at radius 2 is 2.04 bits per heavy atom. The van der Waals surface area contributed by atoms with Gasteiger partial charge in [0.05, 0.1) is 18.0 Å². The number of anilines is 1. The first kappa shape index (κ1) is 19.7. The summed E-state index contributed by atoms with van der Waals surface area (Å²) in [5.41, 5.74) is 8.27. The zero-order chi connectivity index (χ0) is 19.1. The lowest BCUT2D eigenvalue weighted by atomic mass is 9.95. The highest BCUT2D eigenvalue weighted by Crippen LogP contribution is 2.23. The minimum absolute atomic E-state index is 0.0547. The number of aromatic nitrogens is 2. The number of benzene rings is 1. The van der Waals surface area contributed by atoms with Gasteiger partial charge < -0.3 is 11.1 Å². The average molecular weight is 369 g/mol. The van der Waals surface area contributed by atoms with Crippen molar-refractivity contribution in [2.24, 2.45) is 5.92 Å². The van der Waals surface area contributed by atoms with E-state index in [1.165, 1.54) is 23.5 Å². The SMILES string of the molecule is CCc1ccc([C@H](NC(=O)CSc2ncc(C#N)c(N)n2)C(C)C)cc1. The number of nitrogens with one attached hydrogen (secondary N) is 1. The number of nitrogens with zero attached hydrogens (tertiary/aromatic N) is 3. The van der Waals surface area contributed by atoms with Crippen molar-refractivity contribution in [3.05, 3.63) is 47.2 Å². The monoisotopic (exact) mass is 369 g/mol. The van der Waals surface area contributed by atoms with E-state index in [1.807, 2.05) is 6.07 Å². The van der Waals surface area contributed by atoms with Crippen LogP contribution >= 0.6 is 11.8 Å². The summed E-state index contributed by atoms with van der Waals surface area (Å²) in [5, 5.41) is 12.3. The number of hydrogen-bond acceptors (Lipinski definition) is 6. The minimum atomic E-state index is -0.0974. The summed E-state index contributed by atoms with van der Waals surface area (Å²) in [6, 6.07) is 10.2. The Hall–Kier alpha value is -2.59. The summed E-state index contributed by atoms with van der Waals surface area (Å²) in [6.45, 7) is 6.28. The molecule has 0 saturated heterocycles. The molecule has 0 radical (unpaired) electrons. The Labute approximate surface area is 158 Å². The topological polar surface area (TPSA) is 105 Å². The number of aryl methyl sites for hydroxylation is 1. The summed E-state index contributed by atoms with van der Waals surface area (Å²) >= 11 is 1.19. The van der Waals surface area contributed by atoms with Crippen molar-refractivity contribution in [3.63, 3.8) is 0 Å². The number of amides is 1. The summed E-state index contributed by atoms with van der Waals surface area (Å²) in [7, 11) is 0. The van der Waals surface area contributed by atoms with E-state index in [-0.39, 0.29) is 35.0 Å². The molecular weight excluding hydrogens is 346 g/mol. The quantitative estimate of drug-likeness (QED) is 0.574. The first-order valence-corrected chi connectivity index (χ1v) is 9.46. The zero-order valence-corrected chi connectivity index (χ0v) is 16.0. The van der Waals surface area contributed by atoms with Gasteiger partial charge in [0, 0.05) is 0 Å². The highest BCUT2D eigenvalue weighted by molar-refractivity contribution is 7.99. The van der Waals surface area contributed by atoms with E-state index in [0.717, 1.165) is 12.0 Å². The Bertz CT molecular complexity index is 799. The van der Waals surface area contributed by atoms with Gasteiger partial charge in [-0.05, 0) is 23.5 Å². The van der Waals surface area contributed by atoms with Crippen LogP contribution in [0.25, 0.3) is 0 Å². The van der Waals surface area contributed by atoms with Gasteiger partial charge >= 0.3 is 0 Å². The molecular formula is C19H23N5OS. The van der Waals surface area contributed by atoms with Crippen LogP contribution in [0.4, 0.5) is 5.82 Å². The molecule has 0 unspecified atom stereocenters. The number of carbonyl (C=O) groups excluding carboxylic acids is 1. The van der Waals surface area contributed by atoms with Gasteiger partial charge in [0.2, 0.25) is 5.91 Å². The number of nitrogen functional groups attached to an aromatic ring is 1. The van der Waals surface area contributed by atoms with Crippen LogP contribution in [0.5, 0.6) is 0 Å². The van der Waals surface area contributed by atoms with Crippen LogP contribution in [0.15, 0.2) is 35.6 Å². The molecule has 7 heteroatoms. The van der Waals surface area contributed by atoms with Crippen LogP contribution in [0.3, 0.4) is 0 Å². The summed E-state index contributed by atoms with van der Waals surface area (Å²) in [6.07, 6.45) is 2.36. The van der Waals surface area contributed by atoms with Gasteiger partial charge in [-0.1, -0.05) is 56.8 Å². The van der Waals surface area contributed by atoms with Crippen molar-refractivity contribution in [2.75, 3.05) is 11.5 Å². The molecule has 2 aromatic rings. The molecule has 0 saturated carbocycles. The second-order valence-corrected chi connectivity index (χ2v) is 7.18. The van der Waals surface area contributed by atoms with Crippen LogP contribution in [-0.4, -0.2) is 21.6 Å². The van der Waals surface area contributed by atoms with Crippen LogP contribution in [0.1, 0.15) is 43.5 Å². The van der Waals surface area contributed by atoms with E-state index < -0.39 is 0 Å². The summed E-state index contributed by atoms with van der Waals surface area (Å²) in [4.78, 5) is 20.4. The number of rotatable bonds is 7. The van der Waals surface area contributed by atoms with E-state index >= 15 is 0 Å². The third-order valence-corrected chi connectivity index (χ3v) is 4.84. The molecule has 0 bridgehead atoms. The van der Waals surface area contributed by atoms with Crippen molar-refractivity contribution >= 4 is 23.5 Å². The fourth-order valence-corrected chi connectivity index (χ4v) is 3.11. The lowest BCUT2D eigenvalue weighted by molar-refractivity contribution is -0.119. The van der Waals surface area contributed by atoms with Gasteiger partial charge in [0.15, 0.2) is 5.16 Å². The molecule has 2 rings (SSSR count). The Morgan fingerprint density at radius 1 is 1.35 bits per heavy atom. The van der Waals surface area contributed by atoms with Crippen molar-refractivity contribution in [2.45, 2.75) is 38.4 Å². The molecule has 1 heterocycles. The fourth-order valence-electron chi connectivity index (χ4n) is 2.47. The normalized spacial score (nSPS) is 11.8. The van der Waals surface area contributed by atoms with Gasteiger partial charge in [0.25, 0.3) is 0 Å². The zero-order valence-electron chi connectivity index (χ0n) is 15.2. The fraction of sp³-hybridized carbons (Fsp3) is 0.368. The highest BCUT2D eigenvalue weighted by atomic mass is 32.2. The van der Waals surface area contributed by atoms with E-state index in [1.54, 1.807) is 0 Å². The molecule has 1 atom stereocenters. The van der Waals surface area contributed by atoms with E-state index in [4.69, 9.17) is 11.0 Å². The van der Waals surface area contributed by atoms with Gasteiger partial charge in [-0.3, -0.25) is 4.79 Å². The van der Waals surface area contributed by atoms with Crippen molar-refractivity contribution < 1.29 is 4.79 Å². The second-order valence-electron chi connectivity index (χ2n) is 6.24. The number of carbonyl (C=O) groups is 1. The number of nitrogens with two attached hydrogens (primary N) is 1. The standard InChI is InChI=1S/C19H23N5OS/c1-4-13-5-7-14(8-6-13)17(12(2)3)23-16(25)11-26-19-22-10-15(9-20)18(21)24-19/h5-8,10,12,17H,4,11H2,1-3H3,(H,23,25)(H2,21,22,24)/t17-/m1/s1. The maximum atomic E-state index is 12.4. The maximum absolute atomic E-state index is 12.4. The number of nitriles is 1. The van der Waals surface area contributed by atoms with Crippen LogP contribution in [0, 0.1) is 17.2 Å². The predicted molar refractivity (Wildman–Crippen MR) is 103 cm³/mol. The highest BCUT2D eigenvalue weighted by Gasteiger charge is 2.18. The molecule has 1 amide bonds. The molecule has 0 aliphatic heterocycles. The molecule has 1 aromatic heterocycles. The van der Waals surface area contributed by atoms with E-state index in [0.29, 0.717) is 5.16 Å². The lowest BCUT2D eigenvalue weighted by Crippen LogP contribution is -2.33. The van der Waals surface area contributed by atoms with Crippen LogP contribution in [-0.2, 0) is 11.2 Å². The third kappa shape index (κ3) is 5.20. The Morgan fingerprint density at radius 3 is 2.58 bits per heavy atom. The van der Waals surface area contributed by atoms with E-state index in [2.05, 4.69) is 60.3 Å². The first-order valence-electron chi connectivity index (χ1n) is 8.48. The van der Waals surface area contributed by atoms with Gasteiger partial charge in [-0.25, -0.2) is 9.97 Å². The third-order valence-electron chi connectivity index (χ3n) is 3.98. The average Bonchev–Trinajstić information content (AvgIpc) is 2.64. The largest absolute Gasteiger partial charge is 0.382 e. The van der Waals surface area contributed by atoms with Gasteiger partial charge in [0.1, 0.15) is 17.5 Å². The molecule has 0 aliphatic rings. The smallest absolute Gasteiger partial charge is 0.230 e. The van der Waals surface area contributed by atoms with E-state index in [9.17, 15) is 4.79 Å². The first-order chi connectivity index (χ1) is 12.4. The lowest BCUT2D eigenvalue weighted by Gasteiger charge is -2.23. The molecule has 1 aromatic carbocycles. The van der Waals surface area contributed by atoms with Crippen LogP contribution < -0.4 is 11.1 Å². The number of hydrogen-bond donors (Lipinski definition) is 2. The maximum Gasteiger partial charge on any atom is 0.230 e. The molecule has 6 nitrogen and oxygen atoms in total. The van der Waals surface area contributed by atoms with Crippen molar-refractivity contribution in [3.8, 4) is 6.07 Å². The molecule has 3 N–H and O–H groups in total. The summed E-state index contributed by atoms with van der Waals surface area (Å²) in [5.74, 6) is 0.473. The molecule has 0 fully saturated rings. The molecule has 0 aliphatic carbocycles. The van der Waals surface area contributed by atoms with Gasteiger partial charge in [-0.2, -0.15) is 5.26 Å². The van der Waals surface area contributed by atoms with Crippen LogP contribution in [0.2, 0.25) is 0 Å². The molecule has 0 spiro atoms. The predicted octanol–water partition coefficient (Wildman–Crippen LogP) is 3.10. The summed E-state index contributed by atoms with van der Waals surface area (Å²) < 4.78 is 0. The molecule has 26 heavy (non-hydrogen) atoms. The second kappa shape index (κ2) is 9.20. The minimum Gasteiger partial charge on any atom is -0.382 e. The Balaban J connectivity index is 1.99.